The van der Waals surface area contributed by atoms with Gasteiger partial charge in [0.25, 0.3) is 5.91 Å². The number of rotatable bonds is 3. The van der Waals surface area contributed by atoms with Crippen molar-refractivity contribution in [2.45, 2.75) is 6.54 Å². The molecule has 1 aliphatic rings. The smallest absolute Gasteiger partial charge is 0.276 e. The number of nitrogens with one attached hydrogen (secondary N) is 1. The molecular weight excluding hydrogens is 352 g/mol. The average Bonchev–Trinajstić information content (AvgIpc) is 3.06. The minimum atomic E-state index is -0.160. The molecule has 0 spiro atoms. The van der Waals surface area contributed by atoms with E-state index in [1.165, 1.54) is 4.90 Å². The van der Waals surface area contributed by atoms with Crippen LogP contribution in [0.4, 0.5) is 0 Å². The van der Waals surface area contributed by atoms with Crippen molar-refractivity contribution < 1.29 is 9.21 Å². The second-order valence-electron chi connectivity index (χ2n) is 4.48. The van der Waals surface area contributed by atoms with Crippen molar-refractivity contribution in [1.29, 1.82) is 0 Å². The summed E-state index contributed by atoms with van der Waals surface area (Å²) in [7, 11) is 0. The fourth-order valence-electron chi connectivity index (χ4n) is 2.02. The minimum Gasteiger partial charge on any atom is -0.467 e. The zero-order chi connectivity index (χ0) is 14.8. The summed E-state index contributed by atoms with van der Waals surface area (Å²) in [5.41, 5.74) is 1.37. The minimum absolute atomic E-state index is 0.160. The first-order valence-electron chi connectivity index (χ1n) is 6.26. The van der Waals surface area contributed by atoms with Gasteiger partial charge in [0.05, 0.1) is 12.8 Å². The van der Waals surface area contributed by atoms with Crippen LogP contribution in [0.3, 0.4) is 0 Å². The van der Waals surface area contributed by atoms with E-state index in [4.69, 9.17) is 16.6 Å². The van der Waals surface area contributed by atoms with Crippen LogP contribution < -0.4 is 5.32 Å². The van der Waals surface area contributed by atoms with Crippen LogP contribution in [0.15, 0.2) is 57.2 Å². The third-order valence-corrected chi connectivity index (χ3v) is 4.11. The fourth-order valence-corrected chi connectivity index (χ4v) is 2.68. The Kier molecular flexibility index (Phi) is 3.90. The lowest BCUT2D eigenvalue weighted by Crippen LogP contribution is -2.29. The normalized spacial score (nSPS) is 16.6. The van der Waals surface area contributed by atoms with E-state index in [1.807, 2.05) is 30.3 Å². The highest BCUT2D eigenvalue weighted by Crippen LogP contribution is 2.21. The highest BCUT2D eigenvalue weighted by Gasteiger charge is 2.31. The molecule has 0 unspecified atom stereocenters. The predicted molar refractivity (Wildman–Crippen MR) is 87.1 cm³/mol. The van der Waals surface area contributed by atoms with Crippen LogP contribution in [-0.2, 0) is 11.3 Å². The van der Waals surface area contributed by atoms with Gasteiger partial charge in [0, 0.05) is 4.47 Å². The molecule has 1 aromatic carbocycles. The number of amides is 1. The summed E-state index contributed by atoms with van der Waals surface area (Å²) in [5, 5.41) is 3.33. The molecule has 0 atom stereocenters. The van der Waals surface area contributed by atoms with E-state index in [9.17, 15) is 4.79 Å². The standard InChI is InChI=1S/C15H11BrN2O2S/c16-12-6-2-1-4-10(12)8-13-14(19)18(15(21)17-13)9-11-5-3-7-20-11/h1-8H,9H2,(H,17,21)/b13-8+. The second-order valence-corrected chi connectivity index (χ2v) is 5.72. The summed E-state index contributed by atoms with van der Waals surface area (Å²) < 4.78 is 6.18. The highest BCUT2D eigenvalue weighted by molar-refractivity contribution is 9.10. The van der Waals surface area contributed by atoms with E-state index >= 15 is 0 Å². The third-order valence-electron chi connectivity index (χ3n) is 3.06. The molecule has 0 bridgehead atoms. The Morgan fingerprint density at radius 1 is 1.29 bits per heavy atom. The van der Waals surface area contributed by atoms with Crippen LogP contribution in [0, 0.1) is 0 Å². The number of carbonyl (C=O) groups is 1. The SMILES string of the molecule is O=C1/C(=C\c2ccccc2Br)NC(=S)N1Cc1ccco1. The molecule has 1 N–H and O–H groups in total. The maximum absolute atomic E-state index is 12.4. The number of thiocarbonyl (C=S) groups is 1. The Morgan fingerprint density at radius 3 is 2.81 bits per heavy atom. The number of hydrogen-bond donors (Lipinski definition) is 1. The van der Waals surface area contributed by atoms with E-state index in [1.54, 1.807) is 18.4 Å². The monoisotopic (exact) mass is 362 g/mol. The summed E-state index contributed by atoms with van der Waals surface area (Å²) in [6, 6.07) is 11.3. The summed E-state index contributed by atoms with van der Waals surface area (Å²) in [6.45, 7) is 0.324. The van der Waals surface area contributed by atoms with E-state index in [2.05, 4.69) is 21.2 Å². The largest absolute Gasteiger partial charge is 0.467 e. The van der Waals surface area contributed by atoms with Crippen molar-refractivity contribution in [1.82, 2.24) is 10.2 Å². The summed E-state index contributed by atoms with van der Waals surface area (Å²) in [5.74, 6) is 0.529. The molecule has 1 saturated heterocycles. The molecule has 2 aromatic rings. The Bertz CT molecular complexity index is 725. The van der Waals surface area contributed by atoms with Crippen LogP contribution in [0.25, 0.3) is 6.08 Å². The maximum Gasteiger partial charge on any atom is 0.276 e. The topological polar surface area (TPSA) is 45.5 Å². The number of carbonyl (C=O) groups excluding carboxylic acids is 1. The molecular formula is C15H11BrN2O2S. The zero-order valence-electron chi connectivity index (χ0n) is 10.9. The van der Waals surface area contributed by atoms with Gasteiger partial charge in [0.15, 0.2) is 5.11 Å². The lowest BCUT2D eigenvalue weighted by molar-refractivity contribution is -0.122. The van der Waals surface area contributed by atoms with Gasteiger partial charge >= 0.3 is 0 Å². The van der Waals surface area contributed by atoms with Gasteiger partial charge in [-0.25, -0.2) is 0 Å². The van der Waals surface area contributed by atoms with Crippen LogP contribution >= 0.6 is 28.1 Å². The molecule has 6 heteroatoms. The van der Waals surface area contributed by atoms with Gasteiger partial charge in [0.1, 0.15) is 11.5 Å². The van der Waals surface area contributed by atoms with Crippen molar-refractivity contribution in [3.63, 3.8) is 0 Å². The fraction of sp³-hybridized carbons (Fsp3) is 0.0667. The average molecular weight is 363 g/mol. The maximum atomic E-state index is 12.4. The summed E-state index contributed by atoms with van der Waals surface area (Å²) in [4.78, 5) is 13.9. The molecule has 1 aliphatic heterocycles. The number of hydrogen-bond acceptors (Lipinski definition) is 3. The molecule has 2 heterocycles. The molecule has 106 valence electrons. The molecule has 0 saturated carbocycles. The van der Waals surface area contributed by atoms with E-state index in [0.29, 0.717) is 23.1 Å². The van der Waals surface area contributed by atoms with Crippen molar-refractivity contribution in [2.24, 2.45) is 0 Å². The number of furan rings is 1. The Hall–Kier alpha value is -1.92. The quantitative estimate of drug-likeness (QED) is 0.672. The van der Waals surface area contributed by atoms with Gasteiger partial charge in [0.2, 0.25) is 0 Å². The molecule has 1 aromatic heterocycles. The Morgan fingerprint density at radius 2 is 2.10 bits per heavy atom. The Labute approximate surface area is 135 Å². The van der Waals surface area contributed by atoms with E-state index in [0.717, 1.165) is 10.0 Å². The third kappa shape index (κ3) is 2.91. The summed E-state index contributed by atoms with van der Waals surface area (Å²) in [6.07, 6.45) is 3.35. The van der Waals surface area contributed by atoms with Gasteiger partial charge in [-0.2, -0.15) is 0 Å². The molecule has 4 nitrogen and oxygen atoms in total. The molecule has 21 heavy (non-hydrogen) atoms. The first kappa shape index (κ1) is 14.0. The molecule has 3 rings (SSSR count). The van der Waals surface area contributed by atoms with Crippen LogP contribution in [0.5, 0.6) is 0 Å². The van der Waals surface area contributed by atoms with Crippen molar-refractivity contribution in [2.75, 3.05) is 0 Å². The lowest BCUT2D eigenvalue weighted by Gasteiger charge is -2.11. The number of nitrogens with zero attached hydrogens (tertiary/aromatic N) is 1. The van der Waals surface area contributed by atoms with E-state index in [-0.39, 0.29) is 5.91 Å². The summed E-state index contributed by atoms with van der Waals surface area (Å²) >= 11 is 8.67. The zero-order valence-corrected chi connectivity index (χ0v) is 13.3. The highest BCUT2D eigenvalue weighted by atomic mass is 79.9. The van der Waals surface area contributed by atoms with Crippen molar-refractivity contribution in [3.8, 4) is 0 Å². The van der Waals surface area contributed by atoms with Gasteiger partial charge in [-0.1, -0.05) is 34.1 Å². The van der Waals surface area contributed by atoms with Gasteiger partial charge in [-0.3, -0.25) is 9.69 Å². The van der Waals surface area contributed by atoms with Gasteiger partial charge < -0.3 is 9.73 Å². The number of benzene rings is 1. The van der Waals surface area contributed by atoms with E-state index < -0.39 is 0 Å². The van der Waals surface area contributed by atoms with Gasteiger partial charge in [-0.15, -0.1) is 0 Å². The lowest BCUT2D eigenvalue weighted by atomic mass is 10.2. The molecule has 1 amide bonds. The van der Waals surface area contributed by atoms with Crippen LogP contribution in [-0.4, -0.2) is 15.9 Å². The molecule has 1 fully saturated rings. The first-order valence-corrected chi connectivity index (χ1v) is 7.47. The van der Waals surface area contributed by atoms with Gasteiger partial charge in [-0.05, 0) is 42.1 Å². The van der Waals surface area contributed by atoms with Crippen molar-refractivity contribution in [3.05, 3.63) is 64.2 Å². The van der Waals surface area contributed by atoms with Crippen LogP contribution in [0.2, 0.25) is 0 Å². The Balaban J connectivity index is 1.85. The van der Waals surface area contributed by atoms with Crippen molar-refractivity contribution >= 4 is 45.2 Å². The molecule has 0 radical (unpaired) electrons. The second kappa shape index (κ2) is 5.83. The molecule has 0 aliphatic carbocycles. The number of halogens is 1. The predicted octanol–water partition coefficient (Wildman–Crippen LogP) is 3.30. The first-order chi connectivity index (χ1) is 10.1. The van der Waals surface area contributed by atoms with Crippen LogP contribution in [0.1, 0.15) is 11.3 Å².